The van der Waals surface area contributed by atoms with E-state index in [0.29, 0.717) is 56.5 Å². The molecule has 0 aliphatic rings. The molecule has 0 atom stereocenters. The zero-order valence-corrected chi connectivity index (χ0v) is 22.6. The minimum Gasteiger partial charge on any atom is -0.490 e. The van der Waals surface area contributed by atoms with E-state index in [-0.39, 0.29) is 23.8 Å². The van der Waals surface area contributed by atoms with Crippen molar-refractivity contribution < 1.29 is 18.3 Å². The maximum atomic E-state index is 14.1. The van der Waals surface area contributed by atoms with Crippen molar-refractivity contribution in [1.29, 1.82) is 0 Å². The van der Waals surface area contributed by atoms with Gasteiger partial charge in [-0.2, -0.15) is 9.78 Å². The smallest absolute Gasteiger partial charge is 0.282 e. The molecule has 7 nitrogen and oxygen atoms in total. The molecule has 6 rings (SSSR count). The average molecular weight is 568 g/mol. The number of halogens is 2. The normalized spacial score (nSPS) is 11.5. The number of nitrogens with zero attached hydrogens (tertiary/aromatic N) is 3. The molecule has 41 heavy (non-hydrogen) atoms. The topological polar surface area (TPSA) is 78.9 Å². The molecule has 6 aromatic rings. The molecule has 4 aromatic carbocycles. The van der Waals surface area contributed by atoms with Crippen molar-refractivity contribution in [3.05, 3.63) is 123 Å². The number of ether oxygens (including phenoxy) is 2. The first kappa shape index (κ1) is 26.3. The summed E-state index contributed by atoms with van der Waals surface area (Å²) in [6.07, 6.45) is 1.53. The Balaban J connectivity index is 1.38. The highest BCUT2D eigenvalue weighted by molar-refractivity contribution is 6.31. The zero-order chi connectivity index (χ0) is 28.3. The van der Waals surface area contributed by atoms with Gasteiger partial charge < -0.3 is 13.9 Å². The van der Waals surface area contributed by atoms with Gasteiger partial charge in [0.2, 0.25) is 5.82 Å². The Labute approximate surface area is 239 Å². The maximum absolute atomic E-state index is 14.1. The van der Waals surface area contributed by atoms with Gasteiger partial charge in [0.1, 0.15) is 18.0 Å². The van der Waals surface area contributed by atoms with Gasteiger partial charge in [-0.05, 0) is 73.2 Å². The van der Waals surface area contributed by atoms with Crippen molar-refractivity contribution in [1.82, 2.24) is 9.66 Å². The molecule has 0 N–H and O–H groups in total. The molecule has 0 saturated carbocycles. The van der Waals surface area contributed by atoms with Crippen LogP contribution in [0.3, 0.4) is 0 Å². The van der Waals surface area contributed by atoms with Gasteiger partial charge in [0, 0.05) is 16.0 Å². The molecule has 204 valence electrons. The number of aromatic nitrogens is 2. The molecule has 2 heterocycles. The average Bonchev–Trinajstić information content (AvgIpc) is 3.40. The van der Waals surface area contributed by atoms with Crippen LogP contribution < -0.4 is 15.0 Å². The van der Waals surface area contributed by atoms with Crippen LogP contribution in [0.25, 0.3) is 33.5 Å². The van der Waals surface area contributed by atoms with Crippen LogP contribution in [-0.2, 0) is 6.61 Å². The lowest BCUT2D eigenvalue weighted by molar-refractivity contribution is 0.266. The summed E-state index contributed by atoms with van der Waals surface area (Å²) in [6.45, 7) is 2.30. The van der Waals surface area contributed by atoms with Gasteiger partial charge >= 0.3 is 0 Å². The summed E-state index contributed by atoms with van der Waals surface area (Å²) < 4.78 is 32.9. The third kappa shape index (κ3) is 5.42. The van der Waals surface area contributed by atoms with Gasteiger partial charge in [-0.15, -0.1) is 0 Å². The highest BCUT2D eigenvalue weighted by Gasteiger charge is 2.17. The second-order valence-corrected chi connectivity index (χ2v) is 9.56. The van der Waals surface area contributed by atoms with E-state index in [9.17, 15) is 9.18 Å². The first-order valence-electron chi connectivity index (χ1n) is 12.9. The molecule has 0 unspecified atom stereocenters. The lowest BCUT2D eigenvalue weighted by atomic mass is 10.2. The van der Waals surface area contributed by atoms with E-state index in [1.165, 1.54) is 17.0 Å². The fourth-order valence-corrected chi connectivity index (χ4v) is 4.58. The summed E-state index contributed by atoms with van der Waals surface area (Å²) in [5.41, 5.74) is 1.86. The van der Waals surface area contributed by atoms with Crippen LogP contribution in [0.5, 0.6) is 11.5 Å². The van der Waals surface area contributed by atoms with Crippen LogP contribution in [0.15, 0.2) is 105 Å². The Morgan fingerprint density at radius 3 is 2.66 bits per heavy atom. The van der Waals surface area contributed by atoms with Gasteiger partial charge in [0.25, 0.3) is 5.56 Å². The second kappa shape index (κ2) is 11.3. The van der Waals surface area contributed by atoms with Crippen LogP contribution >= 0.6 is 11.6 Å². The summed E-state index contributed by atoms with van der Waals surface area (Å²) in [5.74, 6) is 1.19. The Kier molecular flexibility index (Phi) is 7.22. The van der Waals surface area contributed by atoms with Crippen molar-refractivity contribution in [3.8, 4) is 23.1 Å². The van der Waals surface area contributed by atoms with E-state index in [1.54, 1.807) is 78.9 Å². The molecule has 0 bridgehead atoms. The largest absolute Gasteiger partial charge is 0.490 e. The highest BCUT2D eigenvalue weighted by Crippen LogP contribution is 2.31. The first-order valence-corrected chi connectivity index (χ1v) is 13.3. The first-order chi connectivity index (χ1) is 20.0. The predicted molar refractivity (Wildman–Crippen MR) is 158 cm³/mol. The Morgan fingerprint density at radius 1 is 0.976 bits per heavy atom. The van der Waals surface area contributed by atoms with Gasteiger partial charge in [-0.25, -0.2) is 9.37 Å². The molecule has 2 aromatic heterocycles. The van der Waals surface area contributed by atoms with E-state index in [0.717, 1.165) is 5.39 Å². The number of hydrogen-bond donors (Lipinski definition) is 0. The second-order valence-electron chi connectivity index (χ2n) is 9.13. The van der Waals surface area contributed by atoms with Crippen LogP contribution in [-0.4, -0.2) is 22.5 Å². The van der Waals surface area contributed by atoms with Gasteiger partial charge in [0.05, 0.1) is 23.7 Å². The van der Waals surface area contributed by atoms with Crippen LogP contribution in [0, 0.1) is 5.82 Å². The Morgan fingerprint density at radius 2 is 1.80 bits per heavy atom. The van der Waals surface area contributed by atoms with Gasteiger partial charge in [-0.3, -0.25) is 4.79 Å². The van der Waals surface area contributed by atoms with Crippen LogP contribution in [0.4, 0.5) is 4.39 Å². The van der Waals surface area contributed by atoms with E-state index >= 15 is 0 Å². The van der Waals surface area contributed by atoms with Crippen molar-refractivity contribution in [3.63, 3.8) is 0 Å². The summed E-state index contributed by atoms with van der Waals surface area (Å²) in [4.78, 5) is 18.3. The minimum atomic E-state index is -0.352. The summed E-state index contributed by atoms with van der Waals surface area (Å²) in [6, 6.07) is 25.8. The standard InChI is InChI=1S/C32H23ClFN3O4/c1-2-39-29-15-20(11-13-28(29)40-19-21-7-3-5-9-25(21)34)18-35-37-31(36-26-10-6-4-8-24(26)32(37)38)30-17-22-16-23(33)12-14-27(22)41-30/h3-18H,2,19H2,1H3. The molecule has 0 radical (unpaired) electrons. The Hall–Kier alpha value is -4.95. The third-order valence-electron chi connectivity index (χ3n) is 6.38. The molecular formula is C32H23ClFN3O4. The number of para-hydroxylation sites is 1. The molecule has 0 amide bonds. The summed E-state index contributed by atoms with van der Waals surface area (Å²) >= 11 is 6.16. The molecule has 0 saturated heterocycles. The van der Waals surface area contributed by atoms with E-state index in [4.69, 9.17) is 30.5 Å². The van der Waals surface area contributed by atoms with Crippen molar-refractivity contribution in [2.45, 2.75) is 13.5 Å². The van der Waals surface area contributed by atoms with Crippen LogP contribution in [0.2, 0.25) is 5.02 Å². The molecular weight excluding hydrogens is 545 g/mol. The fraction of sp³-hybridized carbons (Fsp3) is 0.0938. The third-order valence-corrected chi connectivity index (χ3v) is 6.62. The van der Waals surface area contributed by atoms with Crippen molar-refractivity contribution >= 4 is 39.7 Å². The van der Waals surface area contributed by atoms with E-state index in [2.05, 4.69) is 5.10 Å². The maximum Gasteiger partial charge on any atom is 0.282 e. The molecule has 0 fully saturated rings. The number of benzene rings is 4. The lowest BCUT2D eigenvalue weighted by Crippen LogP contribution is -2.20. The van der Waals surface area contributed by atoms with E-state index in [1.807, 2.05) is 13.0 Å². The summed E-state index contributed by atoms with van der Waals surface area (Å²) in [7, 11) is 0. The number of fused-ring (bicyclic) bond motifs is 2. The van der Waals surface area contributed by atoms with E-state index < -0.39 is 0 Å². The van der Waals surface area contributed by atoms with Crippen molar-refractivity contribution in [2.24, 2.45) is 5.10 Å². The van der Waals surface area contributed by atoms with Crippen LogP contribution in [0.1, 0.15) is 18.1 Å². The predicted octanol–water partition coefficient (Wildman–Crippen LogP) is 7.46. The quantitative estimate of drug-likeness (QED) is 0.178. The molecule has 0 aliphatic carbocycles. The number of hydrogen-bond acceptors (Lipinski definition) is 6. The minimum absolute atomic E-state index is 0.0460. The van der Waals surface area contributed by atoms with Gasteiger partial charge in [-0.1, -0.05) is 41.9 Å². The lowest BCUT2D eigenvalue weighted by Gasteiger charge is -2.13. The molecule has 9 heteroatoms. The highest BCUT2D eigenvalue weighted by atomic mass is 35.5. The zero-order valence-electron chi connectivity index (χ0n) is 21.9. The fourth-order valence-electron chi connectivity index (χ4n) is 4.40. The van der Waals surface area contributed by atoms with Gasteiger partial charge in [0.15, 0.2) is 17.3 Å². The number of furan rings is 1. The van der Waals surface area contributed by atoms with Crippen molar-refractivity contribution in [2.75, 3.05) is 6.61 Å². The Bertz CT molecular complexity index is 1980. The number of rotatable bonds is 8. The summed E-state index contributed by atoms with van der Waals surface area (Å²) in [5, 5.41) is 6.27. The molecule has 0 spiro atoms. The SMILES string of the molecule is CCOc1cc(C=Nn2c(-c3cc4cc(Cl)ccc4o3)nc3ccccc3c2=O)ccc1OCc1ccccc1F. The molecule has 0 aliphatic heterocycles. The monoisotopic (exact) mass is 567 g/mol.